The van der Waals surface area contributed by atoms with E-state index < -0.39 is 36.1 Å². The molecule has 2 aliphatic heterocycles. The van der Waals surface area contributed by atoms with E-state index in [4.69, 9.17) is 37.9 Å². The molecule has 218 valence electrons. The van der Waals surface area contributed by atoms with E-state index in [1.165, 1.54) is 12.1 Å². The summed E-state index contributed by atoms with van der Waals surface area (Å²) in [5.74, 6) is 1.14. The Kier molecular flexibility index (Phi) is 12.1. The zero-order chi connectivity index (χ0) is 28.2. The molecule has 2 aliphatic rings. The molecule has 0 N–H and O–H groups in total. The van der Waals surface area contributed by atoms with Crippen molar-refractivity contribution >= 4 is 46.6 Å². The van der Waals surface area contributed by atoms with E-state index in [-0.39, 0.29) is 49.3 Å². The molecule has 40 heavy (non-hydrogen) atoms. The summed E-state index contributed by atoms with van der Waals surface area (Å²) < 4.78 is 45.7. The third-order valence-corrected chi connectivity index (χ3v) is 12.5. The van der Waals surface area contributed by atoms with E-state index in [0.717, 1.165) is 0 Å². The van der Waals surface area contributed by atoms with E-state index in [2.05, 4.69) is 0 Å². The van der Waals surface area contributed by atoms with Crippen molar-refractivity contribution in [2.45, 2.75) is 0 Å². The zero-order valence-corrected chi connectivity index (χ0v) is 24.8. The standard InChI is InChI=1S/C24H28N2O12Se2/c27-25(28)17-13-19-21(37-11-7-33-3-1-31-5-9-35-19)15-23(17)39-40-24-16-22-20(14-18(24)26(29)30)36-10-6-32-2-4-34-8-12-38-22/h13-16H,1-12H2. The summed E-state index contributed by atoms with van der Waals surface area (Å²) in [6, 6.07) is 5.83. The van der Waals surface area contributed by atoms with Crippen molar-refractivity contribution in [1.29, 1.82) is 0 Å². The Balaban J connectivity index is 1.60. The van der Waals surface area contributed by atoms with Gasteiger partial charge in [-0.05, 0) is 0 Å². The van der Waals surface area contributed by atoms with Crippen LogP contribution in [-0.4, -0.2) is 115 Å². The number of hydrogen-bond acceptors (Lipinski definition) is 12. The molecule has 14 nitrogen and oxygen atoms in total. The minimum atomic E-state index is -0.528. The van der Waals surface area contributed by atoms with Gasteiger partial charge in [0.15, 0.2) is 0 Å². The van der Waals surface area contributed by atoms with Crippen LogP contribution in [0.5, 0.6) is 23.0 Å². The molecule has 0 amide bonds. The van der Waals surface area contributed by atoms with Gasteiger partial charge in [-0.2, -0.15) is 0 Å². The van der Waals surface area contributed by atoms with Crippen LogP contribution in [0.25, 0.3) is 0 Å². The Bertz CT molecular complexity index is 1080. The second kappa shape index (κ2) is 15.9. The summed E-state index contributed by atoms with van der Waals surface area (Å²) in [6.45, 7) is 3.66. The number of nitro groups is 2. The molecule has 0 aromatic heterocycles. The first-order valence-electron chi connectivity index (χ1n) is 12.3. The van der Waals surface area contributed by atoms with Crippen LogP contribution in [0.15, 0.2) is 24.3 Å². The Morgan fingerprint density at radius 2 is 0.750 bits per heavy atom. The van der Waals surface area contributed by atoms with Crippen LogP contribution in [0.3, 0.4) is 0 Å². The fourth-order valence-corrected chi connectivity index (χ4v) is 10.3. The molecule has 2 heterocycles. The van der Waals surface area contributed by atoms with Gasteiger partial charge in [-0.25, -0.2) is 0 Å². The first kappa shape index (κ1) is 30.3. The number of nitro benzene ring substituents is 2. The second-order valence-electron chi connectivity index (χ2n) is 8.06. The topological polar surface area (TPSA) is 160 Å². The van der Waals surface area contributed by atoms with Crippen LogP contribution in [0, 0.1) is 20.2 Å². The van der Waals surface area contributed by atoms with Gasteiger partial charge in [0.1, 0.15) is 0 Å². The van der Waals surface area contributed by atoms with Gasteiger partial charge in [0, 0.05) is 0 Å². The van der Waals surface area contributed by atoms with Crippen LogP contribution in [0.2, 0.25) is 0 Å². The van der Waals surface area contributed by atoms with Crippen molar-refractivity contribution in [3.63, 3.8) is 0 Å². The molecule has 0 radical (unpaired) electrons. The van der Waals surface area contributed by atoms with Crippen LogP contribution < -0.4 is 27.9 Å². The molecule has 0 atom stereocenters. The molecule has 0 spiro atoms. The summed E-state index contributed by atoms with van der Waals surface area (Å²) in [6.07, 6.45) is 0. The monoisotopic (exact) mass is 696 g/mol. The summed E-state index contributed by atoms with van der Waals surface area (Å²) >= 11 is -1.06. The average molecular weight is 694 g/mol. The van der Waals surface area contributed by atoms with Crippen molar-refractivity contribution in [2.75, 3.05) is 79.3 Å². The SMILES string of the molecule is O=[N+]([O-])c1cc2c(cc1[Se][Se]c1cc3c(cc1[N+](=O)[O-])OCCOCCOCCO3)OCCOCCOCCO2. The van der Waals surface area contributed by atoms with Crippen molar-refractivity contribution < 1.29 is 47.7 Å². The fraction of sp³-hybridized carbons (Fsp3) is 0.500. The predicted molar refractivity (Wildman–Crippen MR) is 142 cm³/mol. The molecular weight excluding hydrogens is 666 g/mol. The number of ether oxygens (including phenoxy) is 8. The van der Waals surface area contributed by atoms with Crippen LogP contribution in [0.1, 0.15) is 0 Å². The molecule has 0 bridgehead atoms. The molecule has 0 saturated carbocycles. The summed E-state index contributed by atoms with van der Waals surface area (Å²) in [5, 5.41) is 23.9. The Morgan fingerprint density at radius 3 is 1.05 bits per heavy atom. The molecule has 0 aliphatic carbocycles. The molecule has 16 heteroatoms. The second-order valence-corrected chi connectivity index (χ2v) is 14.2. The number of hydrogen-bond donors (Lipinski definition) is 0. The van der Waals surface area contributed by atoms with Gasteiger partial charge in [-0.3, -0.25) is 0 Å². The fourth-order valence-electron chi connectivity index (χ4n) is 3.51. The summed E-state index contributed by atoms with van der Waals surface area (Å²) in [5.41, 5.74) is -0.279. The molecule has 0 unspecified atom stereocenters. The van der Waals surface area contributed by atoms with E-state index >= 15 is 0 Å². The van der Waals surface area contributed by atoms with Crippen LogP contribution >= 0.6 is 0 Å². The molecule has 4 rings (SSSR count). The Labute approximate surface area is 240 Å². The summed E-state index contributed by atoms with van der Waals surface area (Å²) in [4.78, 5) is 22.9. The maximum absolute atomic E-state index is 12.0. The van der Waals surface area contributed by atoms with Gasteiger partial charge < -0.3 is 0 Å². The van der Waals surface area contributed by atoms with E-state index in [1.807, 2.05) is 0 Å². The normalized spacial score (nSPS) is 17.3. The molecule has 0 saturated heterocycles. The molecular formula is C24H28N2O12Se2. The van der Waals surface area contributed by atoms with Crippen LogP contribution in [-0.2, 0) is 18.9 Å². The quantitative estimate of drug-likeness (QED) is 0.241. The average Bonchev–Trinajstić information content (AvgIpc) is 2.92. The van der Waals surface area contributed by atoms with E-state index in [9.17, 15) is 20.2 Å². The first-order chi connectivity index (χ1) is 19.5. The van der Waals surface area contributed by atoms with Gasteiger partial charge in [-0.15, -0.1) is 0 Å². The van der Waals surface area contributed by atoms with Crippen molar-refractivity contribution in [2.24, 2.45) is 0 Å². The van der Waals surface area contributed by atoms with Gasteiger partial charge in [-0.1, -0.05) is 0 Å². The van der Waals surface area contributed by atoms with Crippen molar-refractivity contribution in [1.82, 2.24) is 0 Å². The predicted octanol–water partition coefficient (Wildman–Crippen LogP) is 0.386. The molecule has 2 aromatic rings. The van der Waals surface area contributed by atoms with Crippen LogP contribution in [0.4, 0.5) is 11.4 Å². The summed E-state index contributed by atoms with van der Waals surface area (Å²) in [7, 11) is 0. The van der Waals surface area contributed by atoms with E-state index in [0.29, 0.717) is 73.3 Å². The van der Waals surface area contributed by atoms with Gasteiger partial charge in [0.25, 0.3) is 0 Å². The van der Waals surface area contributed by atoms with Crippen molar-refractivity contribution in [3.05, 3.63) is 44.5 Å². The maximum atomic E-state index is 12.0. The number of fused-ring (bicyclic) bond motifs is 2. The minimum absolute atomic E-state index is 0.140. The van der Waals surface area contributed by atoms with Gasteiger partial charge in [0.2, 0.25) is 0 Å². The Morgan fingerprint density at radius 1 is 0.475 bits per heavy atom. The first-order valence-corrected chi connectivity index (χ1v) is 18.4. The van der Waals surface area contributed by atoms with Gasteiger partial charge >= 0.3 is 241 Å². The number of benzene rings is 2. The third kappa shape index (κ3) is 8.91. The molecule has 0 fully saturated rings. The number of rotatable bonds is 5. The molecule has 2 aromatic carbocycles. The van der Waals surface area contributed by atoms with Crippen molar-refractivity contribution in [3.8, 4) is 23.0 Å². The Hall–Kier alpha value is -2.68. The zero-order valence-electron chi connectivity index (χ0n) is 21.4. The number of nitrogens with zero attached hydrogens (tertiary/aromatic N) is 2. The van der Waals surface area contributed by atoms with Gasteiger partial charge in [0.05, 0.1) is 0 Å². The third-order valence-electron chi connectivity index (χ3n) is 5.35. The van der Waals surface area contributed by atoms with E-state index in [1.54, 1.807) is 12.1 Å².